The first-order chi connectivity index (χ1) is 5.24. The zero-order chi connectivity index (χ0) is 9.94. The van der Waals surface area contributed by atoms with Gasteiger partial charge in [-0.05, 0) is 11.8 Å². The number of ketones is 1. The fourth-order valence-electron chi connectivity index (χ4n) is 1.19. The molecule has 1 atom stereocenters. The van der Waals surface area contributed by atoms with Gasteiger partial charge in [-0.1, -0.05) is 34.6 Å². The maximum absolute atomic E-state index is 11.4. The van der Waals surface area contributed by atoms with Crippen molar-refractivity contribution < 1.29 is 4.79 Å². The molecule has 0 saturated heterocycles. The van der Waals surface area contributed by atoms with Gasteiger partial charge in [-0.2, -0.15) is 0 Å². The minimum absolute atomic E-state index is 0.0577. The van der Waals surface area contributed by atoms with Gasteiger partial charge in [0.25, 0.3) is 0 Å². The van der Waals surface area contributed by atoms with Gasteiger partial charge in [-0.3, -0.25) is 4.79 Å². The van der Waals surface area contributed by atoms with E-state index in [-0.39, 0.29) is 23.2 Å². The number of hydrogen-bond acceptors (Lipinski definition) is 2. The molecule has 0 heterocycles. The molecule has 0 aliphatic heterocycles. The summed E-state index contributed by atoms with van der Waals surface area (Å²) in [5, 5.41) is 0. The van der Waals surface area contributed by atoms with Crippen LogP contribution >= 0.6 is 0 Å². The Labute approximate surface area is 75.5 Å². The van der Waals surface area contributed by atoms with Crippen LogP contribution in [-0.4, -0.2) is 11.8 Å². The van der Waals surface area contributed by atoms with Crippen LogP contribution in [0.4, 0.5) is 0 Å². The van der Waals surface area contributed by atoms with Crippen molar-refractivity contribution in [3.63, 3.8) is 0 Å². The average molecular weight is 171 g/mol. The zero-order valence-corrected chi connectivity index (χ0v) is 8.85. The lowest BCUT2D eigenvalue weighted by molar-refractivity contribution is -0.123. The fourth-order valence-corrected chi connectivity index (χ4v) is 1.19. The molecule has 0 aromatic heterocycles. The second-order valence-corrected chi connectivity index (χ2v) is 4.93. The Morgan fingerprint density at radius 1 is 1.33 bits per heavy atom. The van der Waals surface area contributed by atoms with Crippen LogP contribution in [0.1, 0.15) is 41.0 Å². The summed E-state index contributed by atoms with van der Waals surface area (Å²) in [5.41, 5.74) is 5.90. The Balaban J connectivity index is 4.05. The van der Waals surface area contributed by atoms with Crippen LogP contribution in [0.2, 0.25) is 0 Å². The largest absolute Gasteiger partial charge is 0.321 e. The van der Waals surface area contributed by atoms with Crippen LogP contribution in [0.3, 0.4) is 0 Å². The predicted molar refractivity (Wildman–Crippen MR) is 51.9 cm³/mol. The Kier molecular flexibility index (Phi) is 3.91. The smallest absolute Gasteiger partial charge is 0.152 e. The predicted octanol–water partition coefficient (Wildman–Crippen LogP) is 1.97. The lowest BCUT2D eigenvalue weighted by Gasteiger charge is -2.23. The fraction of sp³-hybridized carbons (Fsp3) is 0.900. The van der Waals surface area contributed by atoms with E-state index in [0.717, 1.165) is 6.42 Å². The highest BCUT2D eigenvalue weighted by Gasteiger charge is 2.22. The molecule has 0 aromatic carbocycles. The number of rotatable bonds is 3. The van der Waals surface area contributed by atoms with Gasteiger partial charge in [0.2, 0.25) is 0 Å². The minimum atomic E-state index is -0.287. The van der Waals surface area contributed by atoms with Crippen molar-refractivity contribution in [2.24, 2.45) is 17.1 Å². The maximum atomic E-state index is 11.4. The standard InChI is InChI=1S/C10H21NO/c1-7(2)9(12)8(11)6-10(3,4)5/h7-8H,6,11H2,1-5H3/t8-/m1/s1. The number of Topliss-reactive ketones (excluding diaryl/α,β-unsaturated/α-hetero) is 1. The van der Waals surface area contributed by atoms with Crippen molar-refractivity contribution in [3.8, 4) is 0 Å². The van der Waals surface area contributed by atoms with Gasteiger partial charge in [-0.25, -0.2) is 0 Å². The third kappa shape index (κ3) is 4.50. The van der Waals surface area contributed by atoms with Crippen LogP contribution in [0.25, 0.3) is 0 Å². The molecule has 0 spiro atoms. The van der Waals surface area contributed by atoms with Crippen molar-refractivity contribution in [3.05, 3.63) is 0 Å². The highest BCUT2D eigenvalue weighted by molar-refractivity contribution is 5.85. The molecule has 0 amide bonds. The van der Waals surface area contributed by atoms with E-state index in [1.807, 2.05) is 13.8 Å². The van der Waals surface area contributed by atoms with Crippen molar-refractivity contribution >= 4 is 5.78 Å². The minimum Gasteiger partial charge on any atom is -0.321 e. The molecule has 12 heavy (non-hydrogen) atoms. The molecule has 0 saturated carbocycles. The third-order valence-corrected chi connectivity index (χ3v) is 1.77. The van der Waals surface area contributed by atoms with E-state index in [1.54, 1.807) is 0 Å². The van der Waals surface area contributed by atoms with E-state index < -0.39 is 0 Å². The van der Waals surface area contributed by atoms with Crippen LogP contribution in [0.15, 0.2) is 0 Å². The topological polar surface area (TPSA) is 43.1 Å². The summed E-state index contributed by atoms with van der Waals surface area (Å²) >= 11 is 0. The average Bonchev–Trinajstić information content (AvgIpc) is 1.82. The van der Waals surface area contributed by atoms with Crippen LogP contribution in [0, 0.1) is 11.3 Å². The highest BCUT2D eigenvalue weighted by atomic mass is 16.1. The summed E-state index contributed by atoms with van der Waals surface area (Å²) < 4.78 is 0. The van der Waals surface area contributed by atoms with Gasteiger partial charge in [0, 0.05) is 5.92 Å². The van der Waals surface area contributed by atoms with E-state index in [2.05, 4.69) is 20.8 Å². The molecule has 0 aliphatic rings. The van der Waals surface area contributed by atoms with E-state index in [0.29, 0.717) is 0 Å². The van der Waals surface area contributed by atoms with Crippen molar-refractivity contribution in [2.45, 2.75) is 47.1 Å². The summed E-state index contributed by atoms with van der Waals surface area (Å²) in [5.74, 6) is 0.229. The van der Waals surface area contributed by atoms with Gasteiger partial charge in [0.1, 0.15) is 0 Å². The number of carbonyl (C=O) groups is 1. The van der Waals surface area contributed by atoms with Gasteiger partial charge < -0.3 is 5.73 Å². The summed E-state index contributed by atoms with van der Waals surface area (Å²) in [6.07, 6.45) is 0.768. The van der Waals surface area contributed by atoms with E-state index in [1.165, 1.54) is 0 Å². The van der Waals surface area contributed by atoms with E-state index in [4.69, 9.17) is 5.73 Å². The molecule has 0 rings (SSSR count). The van der Waals surface area contributed by atoms with Crippen LogP contribution in [0.5, 0.6) is 0 Å². The first-order valence-electron chi connectivity index (χ1n) is 4.53. The Bertz CT molecular complexity index is 156. The van der Waals surface area contributed by atoms with Gasteiger partial charge in [0.15, 0.2) is 5.78 Å². The molecule has 2 heteroatoms. The first kappa shape index (κ1) is 11.6. The molecule has 0 bridgehead atoms. The summed E-state index contributed by atoms with van der Waals surface area (Å²) in [6.45, 7) is 10.1. The molecule has 0 radical (unpaired) electrons. The molecule has 0 aliphatic carbocycles. The molecular formula is C10H21NO. The second kappa shape index (κ2) is 4.04. The molecule has 0 aromatic rings. The lowest BCUT2D eigenvalue weighted by Crippen LogP contribution is -2.37. The number of carbonyl (C=O) groups excluding carboxylic acids is 1. The normalized spacial score (nSPS) is 14.9. The maximum Gasteiger partial charge on any atom is 0.152 e. The molecular weight excluding hydrogens is 150 g/mol. The molecule has 0 unspecified atom stereocenters. The van der Waals surface area contributed by atoms with Crippen molar-refractivity contribution in [1.29, 1.82) is 0 Å². The monoisotopic (exact) mass is 171 g/mol. The van der Waals surface area contributed by atoms with Gasteiger partial charge in [0.05, 0.1) is 6.04 Å². The quantitative estimate of drug-likeness (QED) is 0.705. The van der Waals surface area contributed by atoms with Crippen molar-refractivity contribution in [2.75, 3.05) is 0 Å². The molecule has 2 nitrogen and oxygen atoms in total. The summed E-state index contributed by atoms with van der Waals surface area (Å²) in [6, 6.07) is -0.287. The Morgan fingerprint density at radius 3 is 2.00 bits per heavy atom. The lowest BCUT2D eigenvalue weighted by atomic mass is 9.85. The SMILES string of the molecule is CC(C)C(=O)[C@H](N)CC(C)(C)C. The first-order valence-corrected chi connectivity index (χ1v) is 4.53. The van der Waals surface area contributed by atoms with Crippen LogP contribution in [-0.2, 0) is 4.79 Å². The molecule has 72 valence electrons. The summed E-state index contributed by atoms with van der Waals surface area (Å²) in [7, 11) is 0. The highest BCUT2D eigenvalue weighted by Crippen LogP contribution is 2.21. The molecule has 2 N–H and O–H groups in total. The number of nitrogens with two attached hydrogens (primary N) is 1. The zero-order valence-electron chi connectivity index (χ0n) is 8.85. The van der Waals surface area contributed by atoms with Crippen molar-refractivity contribution in [1.82, 2.24) is 0 Å². The van der Waals surface area contributed by atoms with E-state index in [9.17, 15) is 4.79 Å². The summed E-state index contributed by atoms with van der Waals surface area (Å²) in [4.78, 5) is 11.4. The van der Waals surface area contributed by atoms with Gasteiger partial charge in [-0.15, -0.1) is 0 Å². The van der Waals surface area contributed by atoms with Crippen LogP contribution < -0.4 is 5.73 Å². The van der Waals surface area contributed by atoms with Gasteiger partial charge >= 0.3 is 0 Å². The second-order valence-electron chi connectivity index (χ2n) is 4.93. The third-order valence-electron chi connectivity index (χ3n) is 1.77. The molecule has 0 fully saturated rings. The number of hydrogen-bond donors (Lipinski definition) is 1. The van der Waals surface area contributed by atoms with E-state index >= 15 is 0 Å². The Morgan fingerprint density at radius 2 is 1.75 bits per heavy atom. The Hall–Kier alpha value is -0.370.